The topological polar surface area (TPSA) is 64.3 Å². The summed E-state index contributed by atoms with van der Waals surface area (Å²) < 4.78 is 4.95. The first-order valence-electron chi connectivity index (χ1n) is 6.44. The Morgan fingerprint density at radius 1 is 1.47 bits per heavy atom. The monoisotopic (exact) mass is 282 g/mol. The second-order valence-electron chi connectivity index (χ2n) is 4.23. The Morgan fingerprint density at radius 2 is 2.21 bits per heavy atom. The Hall–Kier alpha value is -1.36. The van der Waals surface area contributed by atoms with Crippen LogP contribution in [-0.2, 0) is 4.74 Å². The molecule has 0 saturated heterocycles. The first-order valence-corrected chi connectivity index (χ1v) is 7.83. The molecule has 1 rings (SSSR count). The maximum absolute atomic E-state index is 11.6. The number of hydrogen-bond acceptors (Lipinski definition) is 5. The van der Waals surface area contributed by atoms with E-state index in [1.165, 1.54) is 0 Å². The van der Waals surface area contributed by atoms with Crippen LogP contribution in [0.2, 0.25) is 0 Å². The van der Waals surface area contributed by atoms with E-state index >= 15 is 0 Å². The van der Waals surface area contributed by atoms with Crippen molar-refractivity contribution in [2.45, 2.75) is 26.3 Å². The largest absolute Gasteiger partial charge is 0.462 e. The number of nitrogens with one attached hydrogen (secondary N) is 1. The summed E-state index contributed by atoms with van der Waals surface area (Å²) in [6.45, 7) is 4.28. The van der Waals surface area contributed by atoms with Crippen LogP contribution in [0.5, 0.6) is 0 Å². The van der Waals surface area contributed by atoms with Crippen LogP contribution < -0.4 is 11.1 Å². The van der Waals surface area contributed by atoms with Crippen molar-refractivity contribution in [1.29, 1.82) is 0 Å². The first-order chi connectivity index (χ1) is 9.12. The Balaban J connectivity index is 2.79. The van der Waals surface area contributed by atoms with Crippen LogP contribution in [0.3, 0.4) is 0 Å². The van der Waals surface area contributed by atoms with Crippen molar-refractivity contribution in [3.8, 4) is 0 Å². The van der Waals surface area contributed by atoms with Crippen LogP contribution in [0, 0.1) is 0 Å². The molecule has 0 radical (unpaired) electrons. The number of benzene rings is 1. The van der Waals surface area contributed by atoms with Gasteiger partial charge < -0.3 is 15.8 Å². The van der Waals surface area contributed by atoms with E-state index in [1.54, 1.807) is 30.8 Å². The summed E-state index contributed by atoms with van der Waals surface area (Å²) in [6.07, 6.45) is 3.11. The average Bonchev–Trinajstić information content (AvgIpc) is 2.40. The van der Waals surface area contributed by atoms with Crippen molar-refractivity contribution in [3.63, 3.8) is 0 Å². The molecule has 1 unspecified atom stereocenters. The van der Waals surface area contributed by atoms with E-state index in [2.05, 4.69) is 18.5 Å². The molecule has 5 heteroatoms. The molecule has 0 amide bonds. The summed E-state index contributed by atoms with van der Waals surface area (Å²) in [4.78, 5) is 11.6. The number of rotatable bonds is 7. The number of nitrogen functional groups attached to an aromatic ring is 1. The Morgan fingerprint density at radius 3 is 2.74 bits per heavy atom. The van der Waals surface area contributed by atoms with E-state index in [1.807, 2.05) is 6.07 Å². The summed E-state index contributed by atoms with van der Waals surface area (Å²) in [5.74, 6) is 0.687. The van der Waals surface area contributed by atoms with Crippen molar-refractivity contribution in [3.05, 3.63) is 23.8 Å². The third-order valence-electron chi connectivity index (χ3n) is 2.78. The molecule has 0 aliphatic carbocycles. The van der Waals surface area contributed by atoms with Crippen LogP contribution >= 0.6 is 11.8 Å². The van der Waals surface area contributed by atoms with Crippen LogP contribution in [0.1, 0.15) is 30.6 Å². The summed E-state index contributed by atoms with van der Waals surface area (Å²) in [7, 11) is 0. The Bertz CT molecular complexity index is 424. The van der Waals surface area contributed by atoms with Gasteiger partial charge in [-0.05, 0) is 37.8 Å². The molecule has 0 aromatic heterocycles. The lowest BCUT2D eigenvalue weighted by Crippen LogP contribution is -2.21. The van der Waals surface area contributed by atoms with Crippen LogP contribution in [0.15, 0.2) is 18.2 Å². The molecule has 19 heavy (non-hydrogen) atoms. The van der Waals surface area contributed by atoms with Gasteiger partial charge in [-0.3, -0.25) is 0 Å². The minimum Gasteiger partial charge on any atom is -0.462 e. The molecule has 4 nitrogen and oxygen atoms in total. The van der Waals surface area contributed by atoms with Crippen molar-refractivity contribution >= 4 is 29.1 Å². The number of thioether (sulfide) groups is 1. The minimum absolute atomic E-state index is 0.336. The maximum Gasteiger partial charge on any atom is 0.338 e. The summed E-state index contributed by atoms with van der Waals surface area (Å²) in [6, 6.07) is 5.62. The molecular weight excluding hydrogens is 260 g/mol. The third kappa shape index (κ3) is 4.67. The Kier molecular flexibility index (Phi) is 6.56. The predicted molar refractivity (Wildman–Crippen MR) is 82.9 cm³/mol. The zero-order valence-electron chi connectivity index (χ0n) is 11.7. The van der Waals surface area contributed by atoms with Gasteiger partial charge >= 0.3 is 5.97 Å². The predicted octanol–water partition coefficient (Wildman–Crippen LogP) is 3.00. The lowest BCUT2D eigenvalue weighted by Gasteiger charge is -2.18. The molecule has 1 aromatic rings. The van der Waals surface area contributed by atoms with Gasteiger partial charge in [0.1, 0.15) is 0 Å². The zero-order valence-corrected chi connectivity index (χ0v) is 12.5. The molecule has 0 heterocycles. The fourth-order valence-electron chi connectivity index (χ4n) is 1.72. The van der Waals surface area contributed by atoms with Crippen LogP contribution in [0.4, 0.5) is 11.4 Å². The van der Waals surface area contributed by atoms with Crippen molar-refractivity contribution in [2.24, 2.45) is 0 Å². The number of hydrogen-bond donors (Lipinski definition) is 2. The highest BCUT2D eigenvalue weighted by Gasteiger charge is 2.11. The van der Waals surface area contributed by atoms with Gasteiger partial charge in [0.05, 0.1) is 23.5 Å². The third-order valence-corrected chi connectivity index (χ3v) is 3.52. The molecule has 0 aliphatic heterocycles. The molecule has 1 aromatic carbocycles. The molecule has 0 spiro atoms. The normalized spacial score (nSPS) is 11.9. The highest BCUT2D eigenvalue weighted by Crippen LogP contribution is 2.22. The molecule has 3 N–H and O–H groups in total. The van der Waals surface area contributed by atoms with E-state index < -0.39 is 0 Å². The lowest BCUT2D eigenvalue weighted by atomic mass is 10.1. The lowest BCUT2D eigenvalue weighted by molar-refractivity contribution is 0.0526. The smallest absolute Gasteiger partial charge is 0.338 e. The Labute approximate surface area is 119 Å². The van der Waals surface area contributed by atoms with Crippen LogP contribution in [0.25, 0.3) is 0 Å². The van der Waals surface area contributed by atoms with E-state index in [9.17, 15) is 4.79 Å². The minimum atomic E-state index is -0.336. The summed E-state index contributed by atoms with van der Waals surface area (Å²) >= 11 is 1.80. The molecule has 0 saturated carbocycles. The highest BCUT2D eigenvalue weighted by atomic mass is 32.2. The van der Waals surface area contributed by atoms with Crippen molar-refractivity contribution < 1.29 is 9.53 Å². The average molecular weight is 282 g/mol. The van der Waals surface area contributed by atoms with E-state index in [0.717, 1.165) is 17.9 Å². The molecule has 1 atom stereocenters. The maximum atomic E-state index is 11.6. The number of esters is 1. The summed E-state index contributed by atoms with van der Waals surface area (Å²) in [5.41, 5.74) is 7.91. The second kappa shape index (κ2) is 7.94. The highest BCUT2D eigenvalue weighted by molar-refractivity contribution is 7.98. The van der Waals surface area contributed by atoms with Gasteiger partial charge in [-0.15, -0.1) is 0 Å². The summed E-state index contributed by atoms with van der Waals surface area (Å²) in [5, 5.41) is 3.40. The van der Waals surface area contributed by atoms with Gasteiger partial charge in [-0.1, -0.05) is 6.92 Å². The van der Waals surface area contributed by atoms with Gasteiger partial charge in [0.15, 0.2) is 0 Å². The van der Waals surface area contributed by atoms with Crippen molar-refractivity contribution in [1.82, 2.24) is 0 Å². The van der Waals surface area contributed by atoms with E-state index in [4.69, 9.17) is 10.5 Å². The van der Waals surface area contributed by atoms with Gasteiger partial charge in [-0.2, -0.15) is 11.8 Å². The number of anilines is 2. The van der Waals surface area contributed by atoms with Crippen molar-refractivity contribution in [2.75, 3.05) is 29.7 Å². The molecule has 0 aliphatic rings. The second-order valence-corrected chi connectivity index (χ2v) is 5.14. The number of carbonyl (C=O) groups excluding carboxylic acids is 1. The fourth-order valence-corrected chi connectivity index (χ4v) is 2.44. The SMILES string of the molecule is CCOC(=O)c1ccc(NC(CC)CSC)c(N)c1. The number of nitrogens with two attached hydrogens (primary N) is 1. The molecule has 0 fully saturated rings. The van der Waals surface area contributed by atoms with E-state index in [-0.39, 0.29) is 5.97 Å². The quantitative estimate of drug-likeness (QED) is 0.594. The molecule has 0 bridgehead atoms. The number of ether oxygens (including phenoxy) is 1. The molecular formula is C14H22N2O2S. The van der Waals surface area contributed by atoms with Gasteiger partial charge in [0, 0.05) is 11.8 Å². The van der Waals surface area contributed by atoms with E-state index in [0.29, 0.717) is 23.9 Å². The molecule has 106 valence electrons. The van der Waals surface area contributed by atoms with Gasteiger partial charge in [0.25, 0.3) is 0 Å². The number of carbonyl (C=O) groups is 1. The first kappa shape index (κ1) is 15.7. The standard InChI is InChI=1S/C14H22N2O2S/c1-4-11(9-19-3)16-13-7-6-10(8-12(13)15)14(17)18-5-2/h6-8,11,16H,4-5,9,15H2,1-3H3. The zero-order chi connectivity index (χ0) is 14.3. The van der Waals surface area contributed by atoms with Gasteiger partial charge in [-0.25, -0.2) is 4.79 Å². The van der Waals surface area contributed by atoms with Crippen LogP contribution in [-0.4, -0.2) is 30.6 Å². The van der Waals surface area contributed by atoms with Gasteiger partial charge in [0.2, 0.25) is 0 Å². The fraction of sp³-hybridized carbons (Fsp3) is 0.500.